The van der Waals surface area contributed by atoms with Crippen LogP contribution in [-0.2, 0) is 6.42 Å². The Morgan fingerprint density at radius 3 is 2.75 bits per heavy atom. The molecular weight excluding hydrogens is 168 g/mol. The Bertz CT molecular complexity index is 169. The molecule has 8 heavy (non-hydrogen) atoms. The predicted molar refractivity (Wildman–Crippen MR) is 35.8 cm³/mol. The summed E-state index contributed by atoms with van der Waals surface area (Å²) in [6.45, 7) is 2.06. The first-order valence-electron chi connectivity index (χ1n) is 2.56. The maximum atomic E-state index is 5.07. The van der Waals surface area contributed by atoms with Crippen LogP contribution in [0.25, 0.3) is 0 Å². The molecule has 1 aromatic rings. The minimum Gasteiger partial charge on any atom is -0.468 e. The van der Waals surface area contributed by atoms with Crippen LogP contribution in [0.3, 0.4) is 0 Å². The lowest BCUT2D eigenvalue weighted by atomic mass is 10.4. The van der Waals surface area contributed by atoms with E-state index in [9.17, 15) is 0 Å². The molecule has 0 radical (unpaired) electrons. The molecule has 1 aromatic heterocycles. The van der Waals surface area contributed by atoms with Crippen molar-refractivity contribution in [3.63, 3.8) is 0 Å². The molecule has 1 heterocycles. The second-order valence-corrected chi connectivity index (χ2v) is 2.40. The van der Waals surface area contributed by atoms with Gasteiger partial charge in [0.05, 0.1) is 10.7 Å². The van der Waals surface area contributed by atoms with E-state index in [0.717, 1.165) is 16.7 Å². The van der Waals surface area contributed by atoms with Crippen molar-refractivity contribution in [3.8, 4) is 0 Å². The molecule has 0 saturated carbocycles. The van der Waals surface area contributed by atoms with Gasteiger partial charge in [-0.1, -0.05) is 6.92 Å². The SMILES string of the molecule is CCc1occc1Br. The Morgan fingerprint density at radius 1 is 1.75 bits per heavy atom. The molecule has 0 N–H and O–H groups in total. The molecule has 0 aliphatic heterocycles. The van der Waals surface area contributed by atoms with E-state index in [1.807, 2.05) is 6.07 Å². The highest BCUT2D eigenvalue weighted by molar-refractivity contribution is 9.10. The Kier molecular flexibility index (Phi) is 1.73. The molecule has 0 aliphatic carbocycles. The fourth-order valence-electron chi connectivity index (χ4n) is 0.577. The van der Waals surface area contributed by atoms with Gasteiger partial charge in [-0.25, -0.2) is 0 Å². The Labute approximate surface area is 56.8 Å². The first kappa shape index (κ1) is 5.89. The van der Waals surface area contributed by atoms with E-state index < -0.39 is 0 Å². The zero-order valence-electron chi connectivity index (χ0n) is 4.65. The highest BCUT2D eigenvalue weighted by Gasteiger charge is 1.96. The van der Waals surface area contributed by atoms with Crippen LogP contribution in [0.2, 0.25) is 0 Å². The van der Waals surface area contributed by atoms with E-state index in [1.54, 1.807) is 6.26 Å². The number of rotatable bonds is 1. The van der Waals surface area contributed by atoms with Crippen molar-refractivity contribution in [2.24, 2.45) is 0 Å². The summed E-state index contributed by atoms with van der Waals surface area (Å²) in [5.41, 5.74) is 0. The van der Waals surface area contributed by atoms with E-state index >= 15 is 0 Å². The van der Waals surface area contributed by atoms with E-state index in [-0.39, 0.29) is 0 Å². The van der Waals surface area contributed by atoms with Crippen molar-refractivity contribution in [2.75, 3.05) is 0 Å². The topological polar surface area (TPSA) is 13.1 Å². The lowest BCUT2D eigenvalue weighted by Gasteiger charge is -1.85. The standard InChI is InChI=1S/C6H7BrO/c1-2-6-5(7)3-4-8-6/h3-4H,2H2,1H3. The molecule has 0 amide bonds. The van der Waals surface area contributed by atoms with Gasteiger partial charge in [0.1, 0.15) is 5.76 Å². The summed E-state index contributed by atoms with van der Waals surface area (Å²) >= 11 is 3.33. The highest BCUT2D eigenvalue weighted by atomic mass is 79.9. The van der Waals surface area contributed by atoms with Gasteiger partial charge in [0.25, 0.3) is 0 Å². The summed E-state index contributed by atoms with van der Waals surface area (Å²) in [5, 5.41) is 0. The average molecular weight is 175 g/mol. The summed E-state index contributed by atoms with van der Waals surface area (Å²) in [7, 11) is 0. The zero-order chi connectivity index (χ0) is 5.98. The van der Waals surface area contributed by atoms with Crippen LogP contribution >= 0.6 is 15.9 Å². The summed E-state index contributed by atoms with van der Waals surface area (Å²) in [4.78, 5) is 0. The number of furan rings is 1. The fourth-order valence-corrected chi connectivity index (χ4v) is 1.06. The fraction of sp³-hybridized carbons (Fsp3) is 0.333. The Hall–Kier alpha value is -0.240. The maximum absolute atomic E-state index is 5.07. The minimum atomic E-state index is 0.952. The van der Waals surface area contributed by atoms with Gasteiger partial charge < -0.3 is 4.42 Å². The quantitative estimate of drug-likeness (QED) is 0.639. The van der Waals surface area contributed by atoms with E-state index in [1.165, 1.54) is 0 Å². The third kappa shape index (κ3) is 0.944. The Balaban J connectivity index is 2.92. The van der Waals surface area contributed by atoms with Crippen LogP contribution in [0.4, 0.5) is 0 Å². The van der Waals surface area contributed by atoms with Crippen molar-refractivity contribution in [2.45, 2.75) is 13.3 Å². The first-order valence-corrected chi connectivity index (χ1v) is 3.35. The van der Waals surface area contributed by atoms with Gasteiger partial charge in [0, 0.05) is 6.42 Å². The molecule has 0 fully saturated rings. The van der Waals surface area contributed by atoms with Gasteiger partial charge in [-0.15, -0.1) is 0 Å². The van der Waals surface area contributed by atoms with Gasteiger partial charge in [0.2, 0.25) is 0 Å². The van der Waals surface area contributed by atoms with Crippen LogP contribution in [0.15, 0.2) is 21.2 Å². The van der Waals surface area contributed by atoms with Crippen LogP contribution in [0.5, 0.6) is 0 Å². The summed E-state index contributed by atoms with van der Waals surface area (Å²) < 4.78 is 6.14. The van der Waals surface area contributed by atoms with Crippen molar-refractivity contribution in [1.29, 1.82) is 0 Å². The van der Waals surface area contributed by atoms with Gasteiger partial charge >= 0.3 is 0 Å². The van der Waals surface area contributed by atoms with E-state index in [0.29, 0.717) is 0 Å². The van der Waals surface area contributed by atoms with E-state index in [2.05, 4.69) is 22.9 Å². The molecule has 0 saturated heterocycles. The van der Waals surface area contributed by atoms with Crippen LogP contribution in [0.1, 0.15) is 12.7 Å². The molecule has 2 heteroatoms. The second kappa shape index (κ2) is 2.35. The normalized spacial score (nSPS) is 9.75. The lowest BCUT2D eigenvalue weighted by molar-refractivity contribution is 0.514. The minimum absolute atomic E-state index is 0.952. The van der Waals surface area contributed by atoms with Crippen LogP contribution in [0, 0.1) is 0 Å². The monoisotopic (exact) mass is 174 g/mol. The third-order valence-electron chi connectivity index (χ3n) is 1.01. The van der Waals surface area contributed by atoms with Crippen molar-refractivity contribution < 1.29 is 4.42 Å². The van der Waals surface area contributed by atoms with Crippen molar-refractivity contribution in [1.82, 2.24) is 0 Å². The van der Waals surface area contributed by atoms with Crippen molar-refractivity contribution in [3.05, 3.63) is 22.6 Å². The second-order valence-electron chi connectivity index (χ2n) is 1.55. The van der Waals surface area contributed by atoms with Crippen LogP contribution in [-0.4, -0.2) is 0 Å². The summed E-state index contributed by atoms with van der Waals surface area (Å²) in [6.07, 6.45) is 2.64. The third-order valence-corrected chi connectivity index (χ3v) is 1.72. The molecule has 0 unspecified atom stereocenters. The predicted octanol–water partition coefficient (Wildman–Crippen LogP) is 2.60. The van der Waals surface area contributed by atoms with Crippen molar-refractivity contribution >= 4 is 15.9 Å². The smallest absolute Gasteiger partial charge is 0.117 e. The zero-order valence-corrected chi connectivity index (χ0v) is 6.23. The molecule has 44 valence electrons. The molecule has 1 rings (SSSR count). The number of aryl methyl sites for hydroxylation is 1. The number of hydrogen-bond donors (Lipinski definition) is 0. The molecule has 0 bridgehead atoms. The molecular formula is C6H7BrO. The first-order chi connectivity index (χ1) is 3.84. The van der Waals surface area contributed by atoms with Gasteiger partial charge in [0.15, 0.2) is 0 Å². The van der Waals surface area contributed by atoms with Gasteiger partial charge in [-0.3, -0.25) is 0 Å². The van der Waals surface area contributed by atoms with Gasteiger partial charge in [-0.2, -0.15) is 0 Å². The average Bonchev–Trinajstić information content (AvgIpc) is 2.14. The molecule has 1 nitrogen and oxygen atoms in total. The highest BCUT2D eigenvalue weighted by Crippen LogP contribution is 2.16. The molecule has 0 atom stereocenters. The summed E-state index contributed by atoms with van der Waals surface area (Å²) in [6, 6.07) is 1.90. The molecule has 0 aliphatic rings. The number of hydrogen-bond acceptors (Lipinski definition) is 1. The van der Waals surface area contributed by atoms with Gasteiger partial charge in [-0.05, 0) is 22.0 Å². The van der Waals surface area contributed by atoms with Crippen LogP contribution < -0.4 is 0 Å². The maximum Gasteiger partial charge on any atom is 0.117 e. The number of halogens is 1. The Morgan fingerprint density at radius 2 is 2.50 bits per heavy atom. The molecule has 0 spiro atoms. The molecule has 0 aromatic carbocycles. The van der Waals surface area contributed by atoms with E-state index in [4.69, 9.17) is 4.42 Å². The summed E-state index contributed by atoms with van der Waals surface area (Å²) in [5.74, 6) is 1.02. The largest absolute Gasteiger partial charge is 0.468 e. The lowest BCUT2D eigenvalue weighted by Crippen LogP contribution is -1.71.